The Kier molecular flexibility index (Phi) is 6.81. The second-order valence-corrected chi connectivity index (χ2v) is 8.17. The second-order valence-electron chi connectivity index (χ2n) is 5.52. The highest BCUT2D eigenvalue weighted by molar-refractivity contribution is 9.10. The van der Waals surface area contributed by atoms with Crippen molar-refractivity contribution in [3.8, 4) is 0 Å². The molecule has 0 aliphatic heterocycles. The minimum atomic E-state index is -0.262. The highest BCUT2D eigenvalue weighted by atomic mass is 79.9. The summed E-state index contributed by atoms with van der Waals surface area (Å²) in [6.07, 6.45) is 0. The fraction of sp³-hybridized carbons (Fsp3) is 0.167. The van der Waals surface area contributed by atoms with Crippen LogP contribution in [0.4, 0.5) is 11.5 Å². The van der Waals surface area contributed by atoms with Crippen LogP contribution in [0.2, 0.25) is 10.0 Å². The lowest BCUT2D eigenvalue weighted by atomic mass is 10.2. The van der Waals surface area contributed by atoms with Gasteiger partial charge >= 0.3 is 0 Å². The maximum atomic E-state index is 12.8. The van der Waals surface area contributed by atoms with Gasteiger partial charge in [0.25, 0.3) is 5.56 Å². The van der Waals surface area contributed by atoms with Crippen molar-refractivity contribution in [1.82, 2.24) is 14.8 Å². The normalized spacial score (nSPS) is 10.8. The molecule has 0 aliphatic rings. The van der Waals surface area contributed by atoms with Crippen LogP contribution in [-0.2, 0) is 12.3 Å². The lowest BCUT2D eigenvalue weighted by Gasteiger charge is -2.12. The van der Waals surface area contributed by atoms with E-state index in [-0.39, 0.29) is 11.4 Å². The largest absolute Gasteiger partial charge is 0.333 e. The van der Waals surface area contributed by atoms with Crippen molar-refractivity contribution < 1.29 is 0 Å². The number of anilines is 2. The van der Waals surface area contributed by atoms with Crippen molar-refractivity contribution in [3.05, 3.63) is 72.9 Å². The van der Waals surface area contributed by atoms with Crippen LogP contribution in [0.25, 0.3) is 0 Å². The molecule has 9 heteroatoms. The number of rotatable bonds is 6. The van der Waals surface area contributed by atoms with Gasteiger partial charge in [-0.3, -0.25) is 9.36 Å². The molecule has 0 unspecified atom stereocenters. The molecule has 0 atom stereocenters. The molecule has 0 saturated heterocycles. The van der Waals surface area contributed by atoms with Crippen molar-refractivity contribution in [3.63, 3.8) is 0 Å². The van der Waals surface area contributed by atoms with Crippen molar-refractivity contribution in [2.75, 3.05) is 5.32 Å². The summed E-state index contributed by atoms with van der Waals surface area (Å²) in [7, 11) is 0. The summed E-state index contributed by atoms with van der Waals surface area (Å²) in [5.41, 5.74) is 1.38. The van der Waals surface area contributed by atoms with Crippen LogP contribution in [0.5, 0.6) is 0 Å². The first kappa shape index (κ1) is 20.2. The molecule has 1 heterocycles. The van der Waals surface area contributed by atoms with Crippen LogP contribution in [0.1, 0.15) is 12.5 Å². The van der Waals surface area contributed by atoms with Crippen molar-refractivity contribution in [2.45, 2.75) is 24.4 Å². The summed E-state index contributed by atoms with van der Waals surface area (Å²) in [4.78, 5) is 12.8. The number of hydrogen-bond acceptors (Lipinski definition) is 5. The highest BCUT2D eigenvalue weighted by Gasteiger charge is 2.14. The van der Waals surface area contributed by atoms with E-state index in [1.807, 2.05) is 31.2 Å². The average Bonchev–Trinajstić information content (AvgIpc) is 2.66. The van der Waals surface area contributed by atoms with Gasteiger partial charge in [0, 0.05) is 16.8 Å². The smallest absolute Gasteiger partial charge is 0.297 e. The van der Waals surface area contributed by atoms with E-state index < -0.39 is 0 Å². The van der Waals surface area contributed by atoms with E-state index in [1.54, 1.807) is 22.8 Å². The van der Waals surface area contributed by atoms with E-state index in [9.17, 15) is 4.79 Å². The molecule has 0 saturated carbocycles. The Balaban J connectivity index is 1.83. The first-order valence-electron chi connectivity index (χ1n) is 8.05. The number of thioether (sulfide) groups is 1. The summed E-state index contributed by atoms with van der Waals surface area (Å²) in [6, 6.07) is 13.2. The average molecular weight is 486 g/mol. The van der Waals surface area contributed by atoms with Gasteiger partial charge in [0.1, 0.15) is 0 Å². The first-order chi connectivity index (χ1) is 13.0. The molecule has 1 aromatic heterocycles. The minimum absolute atomic E-state index is 0.106. The summed E-state index contributed by atoms with van der Waals surface area (Å²) in [5, 5.41) is 12.5. The molecule has 3 rings (SSSR count). The van der Waals surface area contributed by atoms with E-state index in [0.717, 1.165) is 10.0 Å². The fourth-order valence-electron chi connectivity index (χ4n) is 2.32. The van der Waals surface area contributed by atoms with Gasteiger partial charge in [0.15, 0.2) is 5.16 Å². The van der Waals surface area contributed by atoms with Crippen LogP contribution in [0, 0.1) is 0 Å². The maximum Gasteiger partial charge on any atom is 0.297 e. The van der Waals surface area contributed by atoms with Crippen molar-refractivity contribution in [1.29, 1.82) is 0 Å². The molecule has 0 aliphatic carbocycles. The first-order valence-corrected chi connectivity index (χ1v) is 10.6. The molecule has 0 radical (unpaired) electrons. The molecule has 0 bridgehead atoms. The van der Waals surface area contributed by atoms with Gasteiger partial charge in [-0.15, -0.1) is 10.2 Å². The molecule has 2 aromatic carbocycles. The van der Waals surface area contributed by atoms with Gasteiger partial charge in [-0.2, -0.15) is 0 Å². The van der Waals surface area contributed by atoms with Gasteiger partial charge in [0.05, 0.1) is 15.7 Å². The molecule has 0 spiro atoms. The van der Waals surface area contributed by atoms with Crippen LogP contribution in [0.15, 0.2) is 56.9 Å². The standard InChI is InChI=1S/C18H15BrCl2N4OS/c1-2-25-17(26)16(22-14-5-3-4-13(20)15(14)21)23-24-18(25)27-10-11-6-8-12(19)9-7-11/h3-9H,2,10H2,1H3,(H,22,23). The van der Waals surface area contributed by atoms with Gasteiger partial charge in [-0.25, -0.2) is 0 Å². The number of hydrogen-bond donors (Lipinski definition) is 1. The van der Waals surface area contributed by atoms with E-state index in [2.05, 4.69) is 31.4 Å². The van der Waals surface area contributed by atoms with Gasteiger partial charge in [0.2, 0.25) is 5.82 Å². The number of halogens is 3. The van der Waals surface area contributed by atoms with Crippen molar-refractivity contribution in [2.24, 2.45) is 0 Å². The third-order valence-corrected chi connectivity index (χ3v) is 6.10. The Labute approximate surface area is 179 Å². The Bertz CT molecular complexity index is 1010. The number of nitrogens with zero attached hydrogens (tertiary/aromatic N) is 3. The molecule has 3 aromatic rings. The zero-order valence-electron chi connectivity index (χ0n) is 14.2. The number of aromatic nitrogens is 3. The quantitative estimate of drug-likeness (QED) is 0.449. The lowest BCUT2D eigenvalue weighted by molar-refractivity contribution is 0.597. The Morgan fingerprint density at radius 2 is 1.89 bits per heavy atom. The van der Waals surface area contributed by atoms with Gasteiger partial charge < -0.3 is 5.32 Å². The van der Waals surface area contributed by atoms with Crippen LogP contribution in [0.3, 0.4) is 0 Å². The molecule has 0 amide bonds. The van der Waals surface area contributed by atoms with Crippen LogP contribution >= 0.6 is 50.9 Å². The monoisotopic (exact) mass is 484 g/mol. The van der Waals surface area contributed by atoms with Gasteiger partial charge in [-0.1, -0.05) is 69.1 Å². The Hall–Kier alpha value is -1.54. The zero-order valence-corrected chi connectivity index (χ0v) is 18.2. The fourth-order valence-corrected chi connectivity index (χ4v) is 3.89. The molecular formula is C18H15BrCl2N4OS. The molecule has 140 valence electrons. The van der Waals surface area contributed by atoms with E-state index >= 15 is 0 Å². The molecule has 27 heavy (non-hydrogen) atoms. The minimum Gasteiger partial charge on any atom is -0.333 e. The number of nitrogens with one attached hydrogen (secondary N) is 1. The molecular weight excluding hydrogens is 471 g/mol. The predicted molar refractivity (Wildman–Crippen MR) is 115 cm³/mol. The second kappa shape index (κ2) is 9.10. The van der Waals surface area contributed by atoms with Crippen LogP contribution < -0.4 is 10.9 Å². The van der Waals surface area contributed by atoms with Crippen molar-refractivity contribution >= 4 is 62.4 Å². The maximum absolute atomic E-state index is 12.8. The lowest BCUT2D eigenvalue weighted by Crippen LogP contribution is -2.26. The van der Waals surface area contributed by atoms with Gasteiger partial charge in [-0.05, 0) is 36.8 Å². The Morgan fingerprint density at radius 3 is 2.59 bits per heavy atom. The summed E-state index contributed by atoms with van der Waals surface area (Å²) < 4.78 is 2.61. The SMILES string of the molecule is CCn1c(SCc2ccc(Br)cc2)nnc(Nc2cccc(Cl)c2Cl)c1=O. The Morgan fingerprint density at radius 1 is 1.15 bits per heavy atom. The molecule has 0 fully saturated rings. The molecule has 1 N–H and O–H groups in total. The third kappa shape index (κ3) is 4.85. The molecule has 5 nitrogen and oxygen atoms in total. The van der Waals surface area contributed by atoms with E-state index in [1.165, 1.54) is 11.8 Å². The predicted octanol–water partition coefficient (Wildman–Crippen LogP) is 5.76. The van der Waals surface area contributed by atoms with E-state index in [4.69, 9.17) is 23.2 Å². The third-order valence-electron chi connectivity index (χ3n) is 3.72. The summed E-state index contributed by atoms with van der Waals surface area (Å²) in [5.74, 6) is 0.794. The summed E-state index contributed by atoms with van der Waals surface area (Å²) in [6.45, 7) is 2.37. The number of benzene rings is 2. The topological polar surface area (TPSA) is 59.8 Å². The zero-order chi connectivity index (χ0) is 19.4. The highest BCUT2D eigenvalue weighted by Crippen LogP contribution is 2.30. The van der Waals surface area contributed by atoms with E-state index in [0.29, 0.717) is 33.2 Å². The summed E-state index contributed by atoms with van der Waals surface area (Å²) >= 11 is 17.1. The van der Waals surface area contributed by atoms with Crippen LogP contribution in [-0.4, -0.2) is 14.8 Å².